The molecule has 5 nitrogen and oxygen atoms in total. The molecule has 0 unspecified atom stereocenters. The minimum absolute atomic E-state index is 0.00693. The maximum absolute atomic E-state index is 13.2. The highest BCUT2D eigenvalue weighted by molar-refractivity contribution is 7.98. The van der Waals surface area contributed by atoms with E-state index in [-0.39, 0.29) is 17.9 Å². The van der Waals surface area contributed by atoms with Crippen LogP contribution in [0.25, 0.3) is 16.0 Å². The van der Waals surface area contributed by atoms with E-state index >= 15 is 0 Å². The van der Waals surface area contributed by atoms with Crippen molar-refractivity contribution in [3.8, 4) is 10.8 Å². The second-order valence-corrected chi connectivity index (χ2v) is 8.13. The Balaban J connectivity index is 0.00000141. The number of para-hydroxylation sites is 2. The van der Waals surface area contributed by atoms with Gasteiger partial charge in [0.15, 0.2) is 11.4 Å². The third-order valence-electron chi connectivity index (χ3n) is 4.46. The van der Waals surface area contributed by atoms with Gasteiger partial charge >= 0.3 is 6.18 Å². The molecule has 4 aromatic rings. The van der Waals surface area contributed by atoms with Crippen molar-refractivity contribution in [2.24, 2.45) is 5.73 Å². The van der Waals surface area contributed by atoms with E-state index in [1.165, 1.54) is 48.3 Å². The van der Waals surface area contributed by atoms with Gasteiger partial charge in [-0.05, 0) is 31.5 Å². The predicted octanol–water partition coefficient (Wildman–Crippen LogP) is 5.79. The van der Waals surface area contributed by atoms with E-state index in [1.807, 2.05) is 35.1 Å². The van der Waals surface area contributed by atoms with Gasteiger partial charge in [0.1, 0.15) is 22.2 Å². The number of halogens is 3. The lowest BCUT2D eigenvalue weighted by Crippen LogP contribution is -2.10. The fourth-order valence-corrected chi connectivity index (χ4v) is 4.67. The summed E-state index contributed by atoms with van der Waals surface area (Å²) in [6.07, 6.45) is -1.93. The van der Waals surface area contributed by atoms with Crippen molar-refractivity contribution in [1.29, 1.82) is 0 Å². The molecule has 0 bridgehead atoms. The normalized spacial score (nSPS) is 11.2. The van der Waals surface area contributed by atoms with Gasteiger partial charge in [0.05, 0.1) is 16.6 Å². The van der Waals surface area contributed by atoms with E-state index in [2.05, 4.69) is 10.7 Å². The number of ether oxygens (including phenoxy) is 1. The molecule has 0 aliphatic carbocycles. The molecule has 168 valence electrons. The standard InChI is InChI=1S/C21H15F3N2O2S2.CH5N/c1-29-20-25-15-8-4-5-9-16(15)26(20)19-10-17(18(11-27)30-19)28-12-13-6-2-3-7-14(13)21(22,23)24;1-2/h2-11H,12H2,1H3;2H2,1H3. The number of hydrogen-bond donors (Lipinski definition) is 1. The number of nitrogens with zero attached hydrogens (tertiary/aromatic N) is 2. The topological polar surface area (TPSA) is 70.1 Å². The number of hydrogen-bond acceptors (Lipinski definition) is 6. The number of thioether (sulfide) groups is 1. The molecular formula is C22H20F3N3O2S2. The van der Waals surface area contributed by atoms with Crippen molar-refractivity contribution in [3.05, 3.63) is 70.6 Å². The lowest BCUT2D eigenvalue weighted by atomic mass is 10.1. The zero-order valence-corrected chi connectivity index (χ0v) is 18.9. The second-order valence-electron chi connectivity index (χ2n) is 6.30. The lowest BCUT2D eigenvalue weighted by Gasteiger charge is -2.13. The van der Waals surface area contributed by atoms with Crippen LogP contribution in [-0.2, 0) is 12.8 Å². The molecule has 0 fully saturated rings. The molecule has 2 aromatic heterocycles. The summed E-state index contributed by atoms with van der Waals surface area (Å²) in [5.74, 6) is 0.242. The number of carbonyl (C=O) groups excluding carboxylic acids is 1. The fraction of sp³-hybridized carbons (Fsp3) is 0.182. The van der Waals surface area contributed by atoms with Crippen molar-refractivity contribution < 1.29 is 22.7 Å². The number of nitrogens with two attached hydrogens (primary N) is 1. The Kier molecular flexibility index (Phi) is 7.60. The summed E-state index contributed by atoms with van der Waals surface area (Å²) in [5.41, 5.74) is 5.44. The summed E-state index contributed by atoms with van der Waals surface area (Å²) in [4.78, 5) is 16.5. The summed E-state index contributed by atoms with van der Waals surface area (Å²) in [7, 11) is 1.50. The van der Waals surface area contributed by atoms with Crippen LogP contribution in [0.2, 0.25) is 0 Å². The van der Waals surface area contributed by atoms with Crippen LogP contribution < -0.4 is 10.5 Å². The summed E-state index contributed by atoms with van der Waals surface area (Å²) in [6, 6.07) is 14.5. The summed E-state index contributed by atoms with van der Waals surface area (Å²) in [6.45, 7) is -0.299. The van der Waals surface area contributed by atoms with E-state index < -0.39 is 11.7 Å². The number of thiophene rings is 1. The first kappa shape index (κ1) is 23.8. The molecule has 0 aliphatic heterocycles. The molecule has 2 N–H and O–H groups in total. The van der Waals surface area contributed by atoms with E-state index in [9.17, 15) is 18.0 Å². The van der Waals surface area contributed by atoms with Crippen LogP contribution in [0.4, 0.5) is 13.2 Å². The maximum atomic E-state index is 13.2. The average molecular weight is 480 g/mol. The van der Waals surface area contributed by atoms with Crippen LogP contribution in [0.15, 0.2) is 59.8 Å². The first-order valence-corrected chi connectivity index (χ1v) is 11.4. The average Bonchev–Trinajstić information content (AvgIpc) is 3.39. The van der Waals surface area contributed by atoms with Gasteiger partial charge in [-0.2, -0.15) is 13.2 Å². The number of benzene rings is 2. The summed E-state index contributed by atoms with van der Waals surface area (Å²) >= 11 is 2.66. The number of imidazole rings is 1. The van der Waals surface area contributed by atoms with E-state index in [0.29, 0.717) is 16.2 Å². The van der Waals surface area contributed by atoms with E-state index in [0.717, 1.165) is 22.3 Å². The third-order valence-corrected chi connectivity index (χ3v) is 6.12. The molecule has 10 heteroatoms. The van der Waals surface area contributed by atoms with Gasteiger partial charge in [-0.3, -0.25) is 9.36 Å². The number of fused-ring (bicyclic) bond motifs is 1. The smallest absolute Gasteiger partial charge is 0.416 e. The van der Waals surface area contributed by atoms with Crippen LogP contribution in [-0.4, -0.2) is 29.1 Å². The van der Waals surface area contributed by atoms with Gasteiger partial charge in [0, 0.05) is 11.6 Å². The van der Waals surface area contributed by atoms with Crippen LogP contribution in [0, 0.1) is 0 Å². The van der Waals surface area contributed by atoms with Gasteiger partial charge in [-0.25, -0.2) is 4.98 Å². The Labute approximate surface area is 191 Å². The Hall–Kier alpha value is -2.82. The molecule has 0 atom stereocenters. The van der Waals surface area contributed by atoms with Crippen molar-refractivity contribution in [3.63, 3.8) is 0 Å². The minimum Gasteiger partial charge on any atom is -0.487 e. The van der Waals surface area contributed by atoms with E-state index in [4.69, 9.17) is 4.74 Å². The predicted molar refractivity (Wildman–Crippen MR) is 122 cm³/mol. The van der Waals surface area contributed by atoms with Gasteiger partial charge in [0.2, 0.25) is 0 Å². The molecule has 2 aromatic carbocycles. The quantitative estimate of drug-likeness (QED) is 0.280. The fourth-order valence-electron chi connectivity index (χ4n) is 3.11. The molecule has 0 saturated carbocycles. The molecule has 2 heterocycles. The van der Waals surface area contributed by atoms with Crippen LogP contribution in [0.1, 0.15) is 20.8 Å². The molecule has 0 amide bonds. The first-order chi connectivity index (χ1) is 15.4. The van der Waals surface area contributed by atoms with Gasteiger partial charge < -0.3 is 10.5 Å². The Morgan fingerprint density at radius 1 is 1.16 bits per heavy atom. The van der Waals surface area contributed by atoms with Crippen molar-refractivity contribution in [2.45, 2.75) is 17.9 Å². The van der Waals surface area contributed by atoms with Crippen LogP contribution in [0.5, 0.6) is 5.75 Å². The lowest BCUT2D eigenvalue weighted by molar-refractivity contribution is -0.138. The SMILES string of the molecule is CN.CSc1nc2ccccc2n1-c1cc(OCc2ccccc2C(F)(F)F)c(C=O)s1. The first-order valence-electron chi connectivity index (χ1n) is 9.39. The minimum atomic E-state index is -4.48. The monoisotopic (exact) mass is 479 g/mol. The molecule has 0 aliphatic rings. The van der Waals surface area contributed by atoms with Gasteiger partial charge in [-0.1, -0.05) is 42.1 Å². The van der Waals surface area contributed by atoms with Gasteiger partial charge in [-0.15, -0.1) is 11.3 Å². The number of aromatic nitrogens is 2. The number of rotatable bonds is 6. The van der Waals surface area contributed by atoms with Crippen molar-refractivity contribution in [2.75, 3.05) is 13.3 Å². The van der Waals surface area contributed by atoms with Gasteiger partial charge in [0.25, 0.3) is 0 Å². The number of alkyl halides is 3. The molecular weight excluding hydrogens is 459 g/mol. The van der Waals surface area contributed by atoms with E-state index in [1.54, 1.807) is 6.07 Å². The molecule has 4 rings (SSSR count). The Bertz CT molecular complexity index is 1220. The highest BCUT2D eigenvalue weighted by Gasteiger charge is 2.33. The van der Waals surface area contributed by atoms with Crippen LogP contribution >= 0.6 is 23.1 Å². The zero-order chi connectivity index (χ0) is 23.3. The Morgan fingerprint density at radius 3 is 2.53 bits per heavy atom. The molecule has 0 spiro atoms. The third kappa shape index (κ3) is 4.82. The summed E-state index contributed by atoms with van der Waals surface area (Å²) in [5, 5.41) is 1.44. The van der Waals surface area contributed by atoms with Crippen LogP contribution in [0.3, 0.4) is 0 Å². The maximum Gasteiger partial charge on any atom is 0.416 e. The molecule has 0 saturated heterocycles. The largest absolute Gasteiger partial charge is 0.487 e. The number of carbonyl (C=O) groups is 1. The highest BCUT2D eigenvalue weighted by Crippen LogP contribution is 2.37. The summed E-state index contributed by atoms with van der Waals surface area (Å²) < 4.78 is 47.2. The highest BCUT2D eigenvalue weighted by atomic mass is 32.2. The molecule has 0 radical (unpaired) electrons. The van der Waals surface area contributed by atoms with Crippen molar-refractivity contribution in [1.82, 2.24) is 9.55 Å². The Morgan fingerprint density at radius 2 is 1.84 bits per heavy atom. The number of aldehydes is 1. The second kappa shape index (κ2) is 10.2. The molecule has 32 heavy (non-hydrogen) atoms. The van der Waals surface area contributed by atoms with Crippen molar-refractivity contribution >= 4 is 40.4 Å². The zero-order valence-electron chi connectivity index (χ0n) is 17.2.